The van der Waals surface area contributed by atoms with E-state index in [-0.39, 0.29) is 12.2 Å². The summed E-state index contributed by atoms with van der Waals surface area (Å²) in [4.78, 5) is 11.9. The second-order valence-electron chi connectivity index (χ2n) is 4.65. The van der Waals surface area contributed by atoms with Gasteiger partial charge in [0.2, 0.25) is 0 Å². The first-order valence-electron chi connectivity index (χ1n) is 6.95. The Morgan fingerprint density at radius 2 is 2.35 bits per heavy atom. The first-order chi connectivity index (χ1) is 9.79. The summed E-state index contributed by atoms with van der Waals surface area (Å²) in [5.41, 5.74) is 0.582. The van der Waals surface area contributed by atoms with Crippen LogP contribution in [-0.2, 0) is 9.47 Å². The Kier molecular flexibility index (Phi) is 5.83. The van der Waals surface area contributed by atoms with Gasteiger partial charge in [-0.05, 0) is 37.5 Å². The molecule has 0 bridgehead atoms. The molecule has 1 aromatic rings. The zero-order valence-electron chi connectivity index (χ0n) is 11.8. The van der Waals surface area contributed by atoms with Crippen LogP contribution in [-0.4, -0.2) is 39.1 Å². The average Bonchev–Trinajstić information content (AvgIpc) is 2.52. The number of nitrogens with one attached hydrogen (secondary N) is 1. The molecule has 1 aliphatic heterocycles. The second kappa shape index (κ2) is 7.87. The minimum atomic E-state index is -0.128. The summed E-state index contributed by atoms with van der Waals surface area (Å²) in [7, 11) is 1.58. The lowest BCUT2D eigenvalue weighted by Gasteiger charge is -2.22. The topological polar surface area (TPSA) is 56.8 Å². The van der Waals surface area contributed by atoms with Crippen molar-refractivity contribution >= 4 is 5.91 Å². The van der Waals surface area contributed by atoms with Crippen LogP contribution in [0.1, 0.15) is 29.6 Å². The average molecular weight is 279 g/mol. The normalized spacial score (nSPS) is 18.6. The highest BCUT2D eigenvalue weighted by molar-refractivity contribution is 5.94. The molecule has 1 saturated heterocycles. The Morgan fingerprint density at radius 1 is 1.45 bits per heavy atom. The highest BCUT2D eigenvalue weighted by Crippen LogP contribution is 2.13. The van der Waals surface area contributed by atoms with Crippen LogP contribution in [0.3, 0.4) is 0 Å². The molecule has 1 heterocycles. The first kappa shape index (κ1) is 14.8. The van der Waals surface area contributed by atoms with Gasteiger partial charge in [-0.1, -0.05) is 6.07 Å². The summed E-state index contributed by atoms with van der Waals surface area (Å²) in [6, 6.07) is 7.06. The minimum absolute atomic E-state index is 0.113. The number of hydrogen-bond donors (Lipinski definition) is 1. The molecule has 0 aliphatic carbocycles. The second-order valence-corrected chi connectivity index (χ2v) is 4.65. The van der Waals surface area contributed by atoms with E-state index < -0.39 is 0 Å². The number of ether oxygens (including phenoxy) is 3. The fraction of sp³-hybridized carbons (Fsp3) is 0.533. The predicted octanol–water partition coefficient (Wildman–Crippen LogP) is 1.97. The van der Waals surface area contributed by atoms with E-state index in [0.717, 1.165) is 25.9 Å². The molecule has 0 unspecified atom stereocenters. The smallest absolute Gasteiger partial charge is 0.251 e. The van der Waals surface area contributed by atoms with Crippen molar-refractivity contribution in [2.45, 2.75) is 25.6 Å². The highest BCUT2D eigenvalue weighted by atomic mass is 16.7. The maximum absolute atomic E-state index is 11.9. The molecule has 5 nitrogen and oxygen atoms in total. The van der Waals surface area contributed by atoms with Crippen LogP contribution < -0.4 is 10.1 Å². The lowest BCUT2D eigenvalue weighted by Crippen LogP contribution is -2.30. The third-order valence-electron chi connectivity index (χ3n) is 3.16. The van der Waals surface area contributed by atoms with Gasteiger partial charge in [-0.2, -0.15) is 0 Å². The van der Waals surface area contributed by atoms with Crippen LogP contribution in [0.4, 0.5) is 0 Å². The molecule has 1 aromatic carbocycles. The Bertz CT molecular complexity index is 430. The van der Waals surface area contributed by atoms with Gasteiger partial charge in [-0.15, -0.1) is 0 Å². The zero-order valence-corrected chi connectivity index (χ0v) is 11.8. The van der Waals surface area contributed by atoms with E-state index in [0.29, 0.717) is 24.5 Å². The molecule has 1 N–H and O–H groups in total. The summed E-state index contributed by atoms with van der Waals surface area (Å²) >= 11 is 0. The van der Waals surface area contributed by atoms with Crippen LogP contribution in [0.25, 0.3) is 0 Å². The quantitative estimate of drug-likeness (QED) is 0.809. The lowest BCUT2D eigenvalue weighted by molar-refractivity contribution is -0.161. The summed E-state index contributed by atoms with van der Waals surface area (Å²) in [5, 5.41) is 2.81. The molecule has 1 amide bonds. The summed E-state index contributed by atoms with van der Waals surface area (Å²) in [6.45, 7) is 1.69. The standard InChI is InChI=1S/C15H21NO4/c1-18-13-6-4-5-12(11-13)15(17)16-8-10-20-14-7-2-3-9-19-14/h4-6,11,14H,2-3,7-10H2,1H3,(H,16,17)/t14-/m1/s1. The predicted molar refractivity (Wildman–Crippen MR) is 74.9 cm³/mol. The molecule has 1 atom stereocenters. The summed E-state index contributed by atoms with van der Waals surface area (Å²) in [5.74, 6) is 0.543. The third kappa shape index (κ3) is 4.51. The van der Waals surface area contributed by atoms with E-state index >= 15 is 0 Å². The third-order valence-corrected chi connectivity index (χ3v) is 3.16. The molecule has 1 fully saturated rings. The van der Waals surface area contributed by atoms with Crippen LogP contribution in [0.2, 0.25) is 0 Å². The maximum atomic E-state index is 11.9. The van der Waals surface area contributed by atoms with Crippen LogP contribution in [0.5, 0.6) is 5.75 Å². The molecule has 2 rings (SSSR count). The number of carbonyl (C=O) groups is 1. The molecule has 5 heteroatoms. The molecule has 0 saturated carbocycles. The summed E-state index contributed by atoms with van der Waals surface area (Å²) in [6.07, 6.45) is 3.06. The van der Waals surface area contributed by atoms with Crippen LogP contribution >= 0.6 is 0 Å². The molecule has 110 valence electrons. The van der Waals surface area contributed by atoms with Crippen molar-refractivity contribution in [3.05, 3.63) is 29.8 Å². The minimum Gasteiger partial charge on any atom is -0.497 e. The molecular weight excluding hydrogens is 258 g/mol. The number of hydrogen-bond acceptors (Lipinski definition) is 4. The number of carbonyl (C=O) groups excluding carboxylic acids is 1. The van der Waals surface area contributed by atoms with Crippen molar-refractivity contribution in [3.8, 4) is 5.75 Å². The molecule has 1 aliphatic rings. The van der Waals surface area contributed by atoms with Gasteiger partial charge in [0, 0.05) is 18.7 Å². The highest BCUT2D eigenvalue weighted by Gasteiger charge is 2.13. The molecule has 0 aromatic heterocycles. The van der Waals surface area contributed by atoms with E-state index in [1.54, 1.807) is 31.4 Å². The maximum Gasteiger partial charge on any atom is 0.251 e. The first-order valence-corrected chi connectivity index (χ1v) is 6.95. The fourth-order valence-corrected chi connectivity index (χ4v) is 2.06. The van der Waals surface area contributed by atoms with Crippen molar-refractivity contribution in [1.82, 2.24) is 5.32 Å². The number of rotatable bonds is 6. The van der Waals surface area contributed by atoms with Gasteiger partial charge in [0.15, 0.2) is 6.29 Å². The van der Waals surface area contributed by atoms with Crippen LogP contribution in [0, 0.1) is 0 Å². The van der Waals surface area contributed by atoms with Crippen molar-refractivity contribution in [1.29, 1.82) is 0 Å². The number of amides is 1. The summed E-state index contributed by atoms with van der Waals surface area (Å²) < 4.78 is 16.1. The van der Waals surface area contributed by atoms with E-state index in [9.17, 15) is 4.79 Å². The van der Waals surface area contributed by atoms with Gasteiger partial charge in [-0.25, -0.2) is 0 Å². The molecular formula is C15H21NO4. The zero-order chi connectivity index (χ0) is 14.2. The van der Waals surface area contributed by atoms with Gasteiger partial charge >= 0.3 is 0 Å². The van der Waals surface area contributed by atoms with E-state index in [4.69, 9.17) is 14.2 Å². The lowest BCUT2D eigenvalue weighted by atomic mass is 10.2. The Morgan fingerprint density at radius 3 is 3.10 bits per heavy atom. The number of methoxy groups -OCH3 is 1. The SMILES string of the molecule is COc1cccc(C(=O)NCCO[C@@H]2CCCCO2)c1. The van der Waals surface area contributed by atoms with Gasteiger partial charge in [0.1, 0.15) is 5.75 Å². The number of benzene rings is 1. The van der Waals surface area contributed by atoms with E-state index in [1.165, 1.54) is 0 Å². The van der Waals surface area contributed by atoms with Gasteiger partial charge in [0.25, 0.3) is 5.91 Å². The Balaban J connectivity index is 1.69. The largest absolute Gasteiger partial charge is 0.497 e. The molecule has 0 radical (unpaired) electrons. The fourth-order valence-electron chi connectivity index (χ4n) is 2.06. The Labute approximate surface area is 119 Å². The molecule has 20 heavy (non-hydrogen) atoms. The van der Waals surface area contributed by atoms with Crippen molar-refractivity contribution < 1.29 is 19.0 Å². The van der Waals surface area contributed by atoms with Crippen molar-refractivity contribution in [3.63, 3.8) is 0 Å². The van der Waals surface area contributed by atoms with Gasteiger partial charge in [-0.3, -0.25) is 4.79 Å². The van der Waals surface area contributed by atoms with Gasteiger partial charge < -0.3 is 19.5 Å². The van der Waals surface area contributed by atoms with Crippen LogP contribution in [0.15, 0.2) is 24.3 Å². The van der Waals surface area contributed by atoms with Crippen molar-refractivity contribution in [2.24, 2.45) is 0 Å². The van der Waals surface area contributed by atoms with Crippen molar-refractivity contribution in [2.75, 3.05) is 26.9 Å². The van der Waals surface area contributed by atoms with E-state index in [1.807, 2.05) is 0 Å². The van der Waals surface area contributed by atoms with Gasteiger partial charge in [0.05, 0.1) is 13.7 Å². The van der Waals surface area contributed by atoms with E-state index in [2.05, 4.69) is 5.32 Å². The Hall–Kier alpha value is -1.59. The monoisotopic (exact) mass is 279 g/mol. The molecule has 0 spiro atoms.